The van der Waals surface area contributed by atoms with E-state index < -0.39 is 5.92 Å². The summed E-state index contributed by atoms with van der Waals surface area (Å²) < 4.78 is 10.7. The summed E-state index contributed by atoms with van der Waals surface area (Å²) in [6.07, 6.45) is 6.39. The van der Waals surface area contributed by atoms with Gasteiger partial charge in [-0.25, -0.2) is 0 Å². The zero-order valence-corrected chi connectivity index (χ0v) is 11.9. The molecule has 0 saturated carbocycles. The summed E-state index contributed by atoms with van der Waals surface area (Å²) >= 11 is 5.33. The minimum absolute atomic E-state index is 0.0147. The smallest absolute Gasteiger partial charge is 0.235 e. The van der Waals surface area contributed by atoms with Crippen molar-refractivity contribution in [2.45, 2.75) is 6.42 Å². The lowest BCUT2D eigenvalue weighted by atomic mass is 9.97. The molecule has 1 heterocycles. The molecule has 2 rings (SSSR count). The van der Waals surface area contributed by atoms with Gasteiger partial charge in [0.25, 0.3) is 0 Å². The molecule has 0 unspecified atom stereocenters. The summed E-state index contributed by atoms with van der Waals surface area (Å²) in [5, 5.41) is 0. The highest BCUT2D eigenvalue weighted by molar-refractivity contribution is 7.81. The van der Waals surface area contributed by atoms with E-state index >= 15 is 0 Å². The number of carbonyl (C=O) groups excluding carboxylic acids is 2. The van der Waals surface area contributed by atoms with Crippen molar-refractivity contribution in [3.05, 3.63) is 24.0 Å². The molecule has 1 atom stereocenters. The number of allylic oxidation sites excluding steroid dienone is 3. The lowest BCUT2D eigenvalue weighted by molar-refractivity contribution is -0.136. The van der Waals surface area contributed by atoms with E-state index in [-0.39, 0.29) is 12.5 Å². The molecule has 0 aromatic heterocycles. The first-order valence-electron chi connectivity index (χ1n) is 6.59. The molecule has 1 saturated heterocycles. The normalized spacial score (nSPS) is 22.4. The van der Waals surface area contributed by atoms with Gasteiger partial charge in [-0.1, -0.05) is 24.4 Å². The second-order valence-corrected chi connectivity index (χ2v) is 4.94. The van der Waals surface area contributed by atoms with Gasteiger partial charge in [-0.15, -0.1) is 0 Å². The van der Waals surface area contributed by atoms with Crippen molar-refractivity contribution < 1.29 is 19.1 Å². The van der Waals surface area contributed by atoms with Crippen molar-refractivity contribution in [2.75, 3.05) is 32.9 Å². The van der Waals surface area contributed by atoms with Gasteiger partial charge in [0.2, 0.25) is 5.91 Å². The van der Waals surface area contributed by atoms with Gasteiger partial charge >= 0.3 is 0 Å². The van der Waals surface area contributed by atoms with Crippen LogP contribution in [0.4, 0.5) is 0 Å². The standard InChI is InChI=1S/C14H17NO4S/c16-7-2-8-19-12-4-1-3-11(13(12)20)14(17)15-5-9-18-10-6-15/h1,3-4,7,11H,2,5-6,8-10H2/t11-/m0/s1. The van der Waals surface area contributed by atoms with E-state index in [9.17, 15) is 9.59 Å². The molecule has 1 amide bonds. The first-order chi connectivity index (χ1) is 9.74. The van der Waals surface area contributed by atoms with Crippen LogP contribution >= 0.6 is 12.2 Å². The first kappa shape index (κ1) is 14.9. The Labute approximate surface area is 123 Å². The predicted molar refractivity (Wildman–Crippen MR) is 77.3 cm³/mol. The third-order valence-corrected chi connectivity index (χ3v) is 3.61. The zero-order chi connectivity index (χ0) is 14.4. The highest BCUT2D eigenvalue weighted by Gasteiger charge is 2.30. The van der Waals surface area contributed by atoms with Gasteiger partial charge < -0.3 is 19.2 Å². The van der Waals surface area contributed by atoms with Crippen LogP contribution in [-0.2, 0) is 19.1 Å². The third-order valence-electron chi connectivity index (χ3n) is 3.16. The molecule has 0 bridgehead atoms. The summed E-state index contributed by atoms with van der Waals surface area (Å²) in [6, 6.07) is 0. The van der Waals surface area contributed by atoms with Gasteiger partial charge in [-0.05, 0) is 6.08 Å². The Morgan fingerprint density at radius 3 is 2.95 bits per heavy atom. The number of hydrogen-bond donors (Lipinski definition) is 0. The summed E-state index contributed by atoms with van der Waals surface area (Å²) in [5.41, 5.74) is 0. The fraction of sp³-hybridized carbons (Fsp3) is 0.500. The maximum atomic E-state index is 12.4. The minimum Gasteiger partial charge on any atom is -0.492 e. The number of hydrogen-bond acceptors (Lipinski definition) is 5. The van der Waals surface area contributed by atoms with Crippen molar-refractivity contribution >= 4 is 29.3 Å². The Morgan fingerprint density at radius 2 is 2.25 bits per heavy atom. The second kappa shape index (κ2) is 7.31. The van der Waals surface area contributed by atoms with Crippen LogP contribution in [0.3, 0.4) is 0 Å². The molecule has 6 heteroatoms. The van der Waals surface area contributed by atoms with E-state index in [1.807, 2.05) is 0 Å². The van der Waals surface area contributed by atoms with E-state index in [0.29, 0.717) is 43.3 Å². The molecule has 1 fully saturated rings. The SMILES string of the molecule is O=CCCOC1=CC=C[C@H](C(=O)N2CCOCC2)C1=S. The molecule has 0 radical (unpaired) electrons. The van der Waals surface area contributed by atoms with Crippen molar-refractivity contribution in [1.29, 1.82) is 0 Å². The molecule has 1 aliphatic heterocycles. The number of thiocarbonyl (C=S) groups is 1. The largest absolute Gasteiger partial charge is 0.492 e. The van der Waals surface area contributed by atoms with Crippen LogP contribution in [0.2, 0.25) is 0 Å². The summed E-state index contributed by atoms with van der Waals surface area (Å²) in [6.45, 7) is 2.59. The quantitative estimate of drug-likeness (QED) is 0.428. The van der Waals surface area contributed by atoms with Crippen LogP contribution in [0.25, 0.3) is 0 Å². The summed E-state index contributed by atoms with van der Waals surface area (Å²) in [7, 11) is 0. The molecule has 20 heavy (non-hydrogen) atoms. The second-order valence-electron chi connectivity index (χ2n) is 4.50. The Balaban J connectivity index is 1.97. The number of carbonyl (C=O) groups is 2. The van der Waals surface area contributed by atoms with Crippen LogP contribution in [0, 0.1) is 5.92 Å². The maximum absolute atomic E-state index is 12.4. The average molecular weight is 295 g/mol. The maximum Gasteiger partial charge on any atom is 0.235 e. The van der Waals surface area contributed by atoms with E-state index in [4.69, 9.17) is 21.7 Å². The zero-order valence-electron chi connectivity index (χ0n) is 11.1. The van der Waals surface area contributed by atoms with Crippen LogP contribution in [0.5, 0.6) is 0 Å². The minimum atomic E-state index is -0.459. The number of morpholine rings is 1. The molecule has 0 aromatic rings. The van der Waals surface area contributed by atoms with Crippen molar-refractivity contribution in [1.82, 2.24) is 4.90 Å². The topological polar surface area (TPSA) is 55.8 Å². The lowest BCUT2D eigenvalue weighted by Crippen LogP contribution is -2.45. The van der Waals surface area contributed by atoms with E-state index in [1.165, 1.54) is 0 Å². The van der Waals surface area contributed by atoms with Crippen LogP contribution in [0.1, 0.15) is 6.42 Å². The van der Waals surface area contributed by atoms with Gasteiger partial charge in [-0.3, -0.25) is 4.79 Å². The predicted octanol–water partition coefficient (Wildman–Crippen LogP) is 0.891. The Hall–Kier alpha value is -1.53. The fourth-order valence-electron chi connectivity index (χ4n) is 2.09. The van der Waals surface area contributed by atoms with Crippen LogP contribution in [-0.4, -0.2) is 54.9 Å². The van der Waals surface area contributed by atoms with E-state index in [2.05, 4.69) is 0 Å². The highest BCUT2D eigenvalue weighted by Crippen LogP contribution is 2.20. The summed E-state index contributed by atoms with van der Waals surface area (Å²) in [5.74, 6) is 0.0365. The van der Waals surface area contributed by atoms with Crippen LogP contribution < -0.4 is 0 Å². The average Bonchev–Trinajstić information content (AvgIpc) is 2.49. The van der Waals surface area contributed by atoms with Crippen molar-refractivity contribution in [3.8, 4) is 0 Å². The van der Waals surface area contributed by atoms with Gasteiger partial charge in [0.05, 0.1) is 30.6 Å². The fourth-order valence-corrected chi connectivity index (χ4v) is 2.39. The van der Waals surface area contributed by atoms with Gasteiger partial charge in [0.15, 0.2) is 0 Å². The van der Waals surface area contributed by atoms with Gasteiger partial charge in [0.1, 0.15) is 12.0 Å². The molecule has 5 nitrogen and oxygen atoms in total. The molecule has 2 aliphatic rings. The van der Waals surface area contributed by atoms with Crippen LogP contribution in [0.15, 0.2) is 24.0 Å². The monoisotopic (exact) mass is 295 g/mol. The molecule has 0 spiro atoms. The molecular formula is C14H17NO4S. The molecule has 108 valence electrons. The van der Waals surface area contributed by atoms with Crippen molar-refractivity contribution in [3.63, 3.8) is 0 Å². The van der Waals surface area contributed by atoms with E-state index in [0.717, 1.165) is 6.29 Å². The Morgan fingerprint density at radius 1 is 1.50 bits per heavy atom. The molecule has 0 N–H and O–H groups in total. The number of nitrogens with zero attached hydrogens (tertiary/aromatic N) is 1. The molecule has 0 aromatic carbocycles. The first-order valence-corrected chi connectivity index (χ1v) is 7.00. The number of aldehydes is 1. The number of amides is 1. The molecule has 1 aliphatic carbocycles. The highest BCUT2D eigenvalue weighted by atomic mass is 32.1. The van der Waals surface area contributed by atoms with Gasteiger partial charge in [0, 0.05) is 19.5 Å². The number of ether oxygens (including phenoxy) is 2. The Kier molecular flexibility index (Phi) is 5.43. The third kappa shape index (κ3) is 3.52. The summed E-state index contributed by atoms with van der Waals surface area (Å²) in [4.78, 5) is 25.0. The molecular weight excluding hydrogens is 278 g/mol. The lowest BCUT2D eigenvalue weighted by Gasteiger charge is -2.30. The van der Waals surface area contributed by atoms with Crippen molar-refractivity contribution in [2.24, 2.45) is 5.92 Å². The van der Waals surface area contributed by atoms with Gasteiger partial charge in [-0.2, -0.15) is 0 Å². The number of rotatable bonds is 5. The van der Waals surface area contributed by atoms with E-state index in [1.54, 1.807) is 23.1 Å². The Bertz CT molecular complexity index is 452.